The summed E-state index contributed by atoms with van der Waals surface area (Å²) < 4.78 is 7.15. The van der Waals surface area contributed by atoms with Crippen molar-refractivity contribution in [3.05, 3.63) is 72.1 Å². The van der Waals surface area contributed by atoms with E-state index in [9.17, 15) is 9.59 Å². The molecule has 0 radical (unpaired) electrons. The molecular formula is C24H26N4O3. The molecule has 2 amide bonds. The number of amides is 2. The standard InChI is InChI=1S/C24H26N4O3/c1-27-13-11-21(26-27)24(30)28-14-12-25-23(29)18(16-28)15-17-7-3-4-8-19(17)20-9-5-6-10-22(20)31-2/h3-11,13,18H,12,14-16H2,1-2H3,(H,25,29)/t18-/m1/s1. The first-order valence-electron chi connectivity index (χ1n) is 10.3. The van der Waals surface area contributed by atoms with Crippen LogP contribution in [0.15, 0.2) is 60.8 Å². The van der Waals surface area contributed by atoms with Crippen LogP contribution < -0.4 is 10.1 Å². The van der Waals surface area contributed by atoms with E-state index in [0.717, 1.165) is 22.4 Å². The molecule has 1 fully saturated rings. The maximum absolute atomic E-state index is 12.9. The van der Waals surface area contributed by atoms with Gasteiger partial charge in [-0.3, -0.25) is 14.3 Å². The van der Waals surface area contributed by atoms with E-state index in [-0.39, 0.29) is 17.7 Å². The van der Waals surface area contributed by atoms with Crippen molar-refractivity contribution in [1.29, 1.82) is 0 Å². The van der Waals surface area contributed by atoms with E-state index in [2.05, 4.69) is 10.4 Å². The van der Waals surface area contributed by atoms with Gasteiger partial charge in [0.05, 0.1) is 13.0 Å². The number of para-hydroxylation sites is 1. The number of nitrogens with zero attached hydrogens (tertiary/aromatic N) is 3. The van der Waals surface area contributed by atoms with Crippen LogP contribution in [0.4, 0.5) is 0 Å². The molecule has 1 atom stereocenters. The van der Waals surface area contributed by atoms with Crippen LogP contribution in [0.3, 0.4) is 0 Å². The Hall–Kier alpha value is -3.61. The van der Waals surface area contributed by atoms with E-state index in [0.29, 0.717) is 31.7 Å². The SMILES string of the molecule is COc1ccccc1-c1ccccc1C[C@@H]1CN(C(=O)c2ccn(C)n2)CCNC1=O. The van der Waals surface area contributed by atoms with Crippen LogP contribution in [-0.4, -0.2) is 53.2 Å². The molecule has 0 saturated carbocycles. The Morgan fingerprint density at radius 1 is 1.13 bits per heavy atom. The number of hydrogen-bond acceptors (Lipinski definition) is 4. The molecule has 4 rings (SSSR count). The molecule has 0 spiro atoms. The molecule has 1 aliphatic rings. The van der Waals surface area contributed by atoms with E-state index in [4.69, 9.17) is 4.74 Å². The monoisotopic (exact) mass is 418 g/mol. The van der Waals surface area contributed by atoms with Gasteiger partial charge in [0.25, 0.3) is 5.91 Å². The van der Waals surface area contributed by atoms with E-state index in [1.54, 1.807) is 36.0 Å². The highest BCUT2D eigenvalue weighted by molar-refractivity contribution is 5.93. The molecule has 7 heteroatoms. The molecule has 1 aromatic heterocycles. The summed E-state index contributed by atoms with van der Waals surface area (Å²) in [6.45, 7) is 1.25. The number of nitrogens with one attached hydrogen (secondary N) is 1. The van der Waals surface area contributed by atoms with Crippen molar-refractivity contribution in [2.24, 2.45) is 13.0 Å². The largest absolute Gasteiger partial charge is 0.496 e. The Labute approximate surface area is 181 Å². The van der Waals surface area contributed by atoms with Gasteiger partial charge in [0.2, 0.25) is 5.91 Å². The molecule has 0 bridgehead atoms. The van der Waals surface area contributed by atoms with Crippen LogP contribution >= 0.6 is 0 Å². The first-order chi connectivity index (χ1) is 15.1. The summed E-state index contributed by atoms with van der Waals surface area (Å²) in [5.41, 5.74) is 3.44. The van der Waals surface area contributed by atoms with Crippen LogP contribution in [0.5, 0.6) is 5.75 Å². The Balaban J connectivity index is 1.61. The minimum Gasteiger partial charge on any atom is -0.496 e. The number of rotatable bonds is 5. The van der Waals surface area contributed by atoms with Crippen molar-refractivity contribution in [3.63, 3.8) is 0 Å². The Kier molecular flexibility index (Phi) is 6.02. The van der Waals surface area contributed by atoms with Crippen LogP contribution in [0, 0.1) is 5.92 Å². The highest BCUT2D eigenvalue weighted by Crippen LogP contribution is 2.33. The Morgan fingerprint density at radius 2 is 1.87 bits per heavy atom. The summed E-state index contributed by atoms with van der Waals surface area (Å²) in [6, 6.07) is 17.6. The van der Waals surface area contributed by atoms with Gasteiger partial charge in [0, 0.05) is 38.4 Å². The van der Waals surface area contributed by atoms with E-state index in [1.165, 1.54) is 0 Å². The minimum absolute atomic E-state index is 0.0360. The molecule has 2 heterocycles. The number of ether oxygens (including phenoxy) is 1. The number of benzene rings is 2. The molecule has 7 nitrogen and oxygen atoms in total. The normalized spacial score (nSPS) is 16.5. The number of aromatic nitrogens is 2. The maximum atomic E-state index is 12.9. The number of hydrogen-bond donors (Lipinski definition) is 1. The van der Waals surface area contributed by atoms with Crippen molar-refractivity contribution >= 4 is 11.8 Å². The summed E-state index contributed by atoms with van der Waals surface area (Å²) in [5.74, 6) is 0.240. The van der Waals surface area contributed by atoms with Gasteiger partial charge in [-0.15, -0.1) is 0 Å². The summed E-state index contributed by atoms with van der Waals surface area (Å²) in [4.78, 5) is 27.5. The molecule has 0 unspecified atom stereocenters. The van der Waals surface area contributed by atoms with E-state index >= 15 is 0 Å². The lowest BCUT2D eigenvalue weighted by Crippen LogP contribution is -2.37. The topological polar surface area (TPSA) is 76.5 Å². The second kappa shape index (κ2) is 9.04. The molecule has 31 heavy (non-hydrogen) atoms. The van der Waals surface area contributed by atoms with Gasteiger partial charge in [-0.25, -0.2) is 0 Å². The van der Waals surface area contributed by atoms with Crippen molar-refractivity contribution in [2.45, 2.75) is 6.42 Å². The van der Waals surface area contributed by atoms with Crippen LogP contribution in [0.2, 0.25) is 0 Å². The lowest BCUT2D eigenvalue weighted by Gasteiger charge is -2.23. The first kappa shape index (κ1) is 20.7. The van der Waals surface area contributed by atoms with Gasteiger partial charge in [-0.2, -0.15) is 5.10 Å². The summed E-state index contributed by atoms with van der Waals surface area (Å²) >= 11 is 0. The minimum atomic E-state index is -0.356. The van der Waals surface area contributed by atoms with Crippen molar-refractivity contribution in [1.82, 2.24) is 20.0 Å². The number of carbonyl (C=O) groups excluding carboxylic acids is 2. The van der Waals surface area contributed by atoms with Crippen LogP contribution in [-0.2, 0) is 18.3 Å². The third kappa shape index (κ3) is 4.45. The lowest BCUT2D eigenvalue weighted by atomic mass is 9.91. The van der Waals surface area contributed by atoms with Crippen molar-refractivity contribution < 1.29 is 14.3 Å². The van der Waals surface area contributed by atoms with Crippen LogP contribution in [0.25, 0.3) is 11.1 Å². The van der Waals surface area contributed by atoms with E-state index in [1.807, 2.05) is 48.5 Å². The van der Waals surface area contributed by atoms with Crippen LogP contribution in [0.1, 0.15) is 16.1 Å². The fourth-order valence-electron chi connectivity index (χ4n) is 4.03. The second-order valence-electron chi connectivity index (χ2n) is 7.68. The van der Waals surface area contributed by atoms with Crippen molar-refractivity contribution in [3.8, 4) is 16.9 Å². The quantitative estimate of drug-likeness (QED) is 0.691. The molecule has 1 N–H and O–H groups in total. The molecule has 160 valence electrons. The molecular weight excluding hydrogens is 392 g/mol. The predicted octanol–water partition coefficient (Wildman–Crippen LogP) is 2.53. The molecule has 1 aliphatic heterocycles. The van der Waals surface area contributed by atoms with Gasteiger partial charge in [-0.1, -0.05) is 42.5 Å². The number of aryl methyl sites for hydroxylation is 1. The smallest absolute Gasteiger partial charge is 0.274 e. The maximum Gasteiger partial charge on any atom is 0.274 e. The van der Waals surface area contributed by atoms with Gasteiger partial charge in [-0.05, 0) is 29.7 Å². The fraction of sp³-hybridized carbons (Fsp3) is 0.292. The van der Waals surface area contributed by atoms with Gasteiger partial charge >= 0.3 is 0 Å². The average Bonchev–Trinajstić information content (AvgIpc) is 3.15. The van der Waals surface area contributed by atoms with Gasteiger partial charge in [0.1, 0.15) is 11.4 Å². The molecule has 3 aromatic rings. The third-order valence-corrected chi connectivity index (χ3v) is 5.59. The molecule has 1 saturated heterocycles. The number of methoxy groups -OCH3 is 1. The molecule has 2 aromatic carbocycles. The summed E-state index contributed by atoms with van der Waals surface area (Å²) in [6.07, 6.45) is 2.27. The lowest BCUT2D eigenvalue weighted by molar-refractivity contribution is -0.124. The number of carbonyl (C=O) groups is 2. The highest BCUT2D eigenvalue weighted by atomic mass is 16.5. The zero-order valence-corrected chi connectivity index (χ0v) is 17.7. The zero-order valence-electron chi connectivity index (χ0n) is 17.7. The van der Waals surface area contributed by atoms with Gasteiger partial charge in [0.15, 0.2) is 0 Å². The highest BCUT2D eigenvalue weighted by Gasteiger charge is 2.29. The van der Waals surface area contributed by atoms with Gasteiger partial charge < -0.3 is 15.0 Å². The third-order valence-electron chi connectivity index (χ3n) is 5.59. The molecule has 0 aliphatic carbocycles. The van der Waals surface area contributed by atoms with E-state index < -0.39 is 0 Å². The Bertz CT molecular complexity index is 1090. The first-order valence-corrected chi connectivity index (χ1v) is 10.3. The average molecular weight is 418 g/mol. The second-order valence-corrected chi connectivity index (χ2v) is 7.68. The predicted molar refractivity (Wildman–Crippen MR) is 118 cm³/mol. The summed E-state index contributed by atoms with van der Waals surface area (Å²) in [7, 11) is 3.43. The zero-order chi connectivity index (χ0) is 21.8. The summed E-state index contributed by atoms with van der Waals surface area (Å²) in [5, 5.41) is 7.18. The van der Waals surface area contributed by atoms with Crippen molar-refractivity contribution in [2.75, 3.05) is 26.7 Å². The Morgan fingerprint density at radius 3 is 2.61 bits per heavy atom. The fourth-order valence-corrected chi connectivity index (χ4v) is 4.03.